The van der Waals surface area contributed by atoms with Crippen molar-refractivity contribution in [1.29, 1.82) is 0 Å². The molecule has 0 bridgehead atoms. The van der Waals surface area contributed by atoms with Crippen LogP contribution in [0.15, 0.2) is 54.7 Å². The molecule has 1 N–H and O–H groups in total. The minimum Gasteiger partial charge on any atom is -0.365 e. The number of aromatic amines is 1. The molecule has 0 saturated carbocycles. The fraction of sp³-hybridized carbons (Fsp3) is 0.346. The average molecular weight is 475 g/mol. The largest absolute Gasteiger partial charge is 0.365 e. The molecule has 2 aromatic carbocycles. The summed E-state index contributed by atoms with van der Waals surface area (Å²) in [4.78, 5) is 20.4. The molecule has 1 amide bonds. The van der Waals surface area contributed by atoms with Crippen LogP contribution in [0.25, 0.3) is 10.9 Å². The zero-order chi connectivity index (χ0) is 23.8. The van der Waals surface area contributed by atoms with E-state index in [2.05, 4.69) is 20.2 Å². The smallest absolute Gasteiger partial charge is 0.227 e. The Morgan fingerprint density at radius 1 is 1.09 bits per heavy atom. The molecule has 0 radical (unpaired) electrons. The van der Waals surface area contributed by atoms with Crippen LogP contribution in [0.5, 0.6) is 0 Å². The monoisotopic (exact) mass is 474 g/mol. The van der Waals surface area contributed by atoms with Gasteiger partial charge in [0.25, 0.3) is 0 Å². The highest BCUT2D eigenvalue weighted by Gasteiger charge is 2.28. The van der Waals surface area contributed by atoms with Crippen LogP contribution >= 0.6 is 0 Å². The first-order chi connectivity index (χ1) is 17.2. The first-order valence-electron chi connectivity index (χ1n) is 12.0. The first kappa shape index (κ1) is 21.9. The van der Waals surface area contributed by atoms with Gasteiger partial charge in [-0.2, -0.15) is 0 Å². The molecule has 1 saturated heterocycles. The molecule has 0 aliphatic carbocycles. The lowest BCUT2D eigenvalue weighted by Crippen LogP contribution is -2.48. The van der Waals surface area contributed by atoms with Crippen molar-refractivity contribution >= 4 is 16.8 Å². The SMILES string of the molecule is O=C(Cc1c[nH]c2ccccc12)N1CCN(Cc2nnn3c2CO[C@H](c2ccccc2F)C3)CC1. The van der Waals surface area contributed by atoms with E-state index in [-0.39, 0.29) is 17.8 Å². The summed E-state index contributed by atoms with van der Waals surface area (Å²) < 4.78 is 22.0. The van der Waals surface area contributed by atoms with Crippen LogP contribution in [0.3, 0.4) is 0 Å². The van der Waals surface area contributed by atoms with E-state index in [0.29, 0.717) is 44.8 Å². The van der Waals surface area contributed by atoms with Crippen molar-refractivity contribution in [2.24, 2.45) is 0 Å². The van der Waals surface area contributed by atoms with Crippen molar-refractivity contribution in [3.63, 3.8) is 0 Å². The zero-order valence-corrected chi connectivity index (χ0v) is 19.4. The quantitative estimate of drug-likeness (QED) is 0.481. The van der Waals surface area contributed by atoms with Gasteiger partial charge in [-0.25, -0.2) is 9.07 Å². The molecule has 0 unspecified atom stereocenters. The van der Waals surface area contributed by atoms with Gasteiger partial charge in [0.15, 0.2) is 0 Å². The average Bonchev–Trinajstić information content (AvgIpc) is 3.48. The minimum absolute atomic E-state index is 0.156. The number of carbonyl (C=O) groups is 1. The van der Waals surface area contributed by atoms with Crippen LogP contribution in [0.2, 0.25) is 0 Å². The number of halogens is 1. The van der Waals surface area contributed by atoms with Gasteiger partial charge >= 0.3 is 0 Å². The molecule has 1 atom stereocenters. The predicted octanol–water partition coefficient (Wildman–Crippen LogP) is 3.06. The van der Waals surface area contributed by atoms with Gasteiger partial charge in [-0.05, 0) is 17.7 Å². The Morgan fingerprint density at radius 2 is 1.89 bits per heavy atom. The van der Waals surface area contributed by atoms with E-state index >= 15 is 0 Å². The van der Waals surface area contributed by atoms with Gasteiger partial charge in [0.2, 0.25) is 5.91 Å². The van der Waals surface area contributed by atoms with Gasteiger partial charge in [0, 0.05) is 55.4 Å². The van der Waals surface area contributed by atoms with E-state index in [1.54, 1.807) is 12.1 Å². The number of hydrogen-bond donors (Lipinski definition) is 1. The molecule has 8 nitrogen and oxygen atoms in total. The number of H-pyrrole nitrogens is 1. The van der Waals surface area contributed by atoms with E-state index in [1.165, 1.54) is 6.07 Å². The Hall–Kier alpha value is -3.56. The molecule has 1 fully saturated rings. The number of nitrogens with one attached hydrogen (secondary N) is 1. The Kier molecular flexibility index (Phi) is 5.79. The number of aromatic nitrogens is 4. The first-order valence-corrected chi connectivity index (χ1v) is 12.0. The Balaban J connectivity index is 1.05. The zero-order valence-electron chi connectivity index (χ0n) is 19.4. The number of fused-ring (bicyclic) bond motifs is 2. The fourth-order valence-corrected chi connectivity index (χ4v) is 5.03. The summed E-state index contributed by atoms with van der Waals surface area (Å²) in [6, 6.07) is 14.8. The normalized spacial score (nSPS) is 18.7. The van der Waals surface area contributed by atoms with Crippen molar-refractivity contribution in [1.82, 2.24) is 29.8 Å². The summed E-state index contributed by atoms with van der Waals surface area (Å²) in [6.45, 7) is 4.40. The Bertz CT molecular complexity index is 1360. The number of carbonyl (C=O) groups excluding carboxylic acids is 1. The van der Waals surface area contributed by atoms with E-state index < -0.39 is 0 Å². The number of ether oxygens (including phenoxy) is 1. The molecule has 2 aliphatic rings. The molecule has 0 spiro atoms. The maximum Gasteiger partial charge on any atom is 0.227 e. The highest BCUT2D eigenvalue weighted by molar-refractivity contribution is 5.88. The second-order valence-corrected chi connectivity index (χ2v) is 9.18. The summed E-state index contributed by atoms with van der Waals surface area (Å²) in [5.41, 5.74) is 4.47. The Labute approximate surface area is 202 Å². The standard InChI is InChI=1S/C26H27FN6O2/c27-21-7-3-1-6-20(21)25-16-33-24(17-35-25)23(29-30-33)15-31-9-11-32(12-10-31)26(34)13-18-14-28-22-8-4-2-5-19(18)22/h1-8,14,25,28H,9-13,15-17H2/t25-/m0/s1. The van der Waals surface area contributed by atoms with Crippen molar-refractivity contribution < 1.29 is 13.9 Å². The van der Waals surface area contributed by atoms with E-state index in [4.69, 9.17) is 4.74 Å². The second kappa shape index (κ2) is 9.24. The number of hydrogen-bond acceptors (Lipinski definition) is 5. The van der Waals surface area contributed by atoms with Crippen LogP contribution in [-0.2, 0) is 35.6 Å². The molecular formula is C26H27FN6O2. The van der Waals surface area contributed by atoms with Gasteiger partial charge < -0.3 is 14.6 Å². The third-order valence-corrected chi connectivity index (χ3v) is 7.05. The number of nitrogens with zero attached hydrogens (tertiary/aromatic N) is 5. The van der Waals surface area contributed by atoms with Crippen molar-refractivity contribution in [2.75, 3.05) is 26.2 Å². The maximum atomic E-state index is 14.2. The summed E-state index contributed by atoms with van der Waals surface area (Å²) >= 11 is 0. The fourth-order valence-electron chi connectivity index (χ4n) is 5.03. The second-order valence-electron chi connectivity index (χ2n) is 9.18. The summed E-state index contributed by atoms with van der Waals surface area (Å²) in [5, 5.41) is 9.80. The van der Waals surface area contributed by atoms with Crippen LogP contribution in [0, 0.1) is 5.82 Å². The number of rotatable bonds is 5. The highest BCUT2D eigenvalue weighted by atomic mass is 19.1. The summed E-state index contributed by atoms with van der Waals surface area (Å²) in [5.74, 6) is -0.110. The van der Waals surface area contributed by atoms with Gasteiger partial charge in [0.1, 0.15) is 17.6 Å². The number of piperazine rings is 1. The number of benzene rings is 2. The third kappa shape index (κ3) is 4.33. The van der Waals surface area contributed by atoms with Crippen LogP contribution in [0.1, 0.15) is 28.6 Å². The molecule has 4 aromatic rings. The van der Waals surface area contributed by atoms with Crippen molar-refractivity contribution in [3.05, 3.63) is 83.1 Å². The molecule has 180 valence electrons. The van der Waals surface area contributed by atoms with Crippen molar-refractivity contribution in [2.45, 2.75) is 32.2 Å². The lowest BCUT2D eigenvalue weighted by Gasteiger charge is -2.34. The third-order valence-electron chi connectivity index (χ3n) is 7.05. The molecular weight excluding hydrogens is 447 g/mol. The summed E-state index contributed by atoms with van der Waals surface area (Å²) in [7, 11) is 0. The van der Waals surface area contributed by atoms with Gasteiger partial charge in [-0.3, -0.25) is 9.69 Å². The van der Waals surface area contributed by atoms with Crippen molar-refractivity contribution in [3.8, 4) is 0 Å². The topological polar surface area (TPSA) is 79.3 Å². The number of para-hydroxylation sites is 1. The van der Waals surface area contributed by atoms with Gasteiger partial charge in [-0.15, -0.1) is 5.10 Å². The maximum absolute atomic E-state index is 14.2. The van der Waals surface area contributed by atoms with Gasteiger partial charge in [-0.1, -0.05) is 41.6 Å². The van der Waals surface area contributed by atoms with Crippen LogP contribution in [0.4, 0.5) is 4.39 Å². The van der Waals surface area contributed by atoms with Gasteiger partial charge in [0.05, 0.1) is 25.3 Å². The molecule has 6 rings (SSSR count). The van der Waals surface area contributed by atoms with Crippen LogP contribution < -0.4 is 0 Å². The predicted molar refractivity (Wildman–Crippen MR) is 128 cm³/mol. The molecule has 2 aromatic heterocycles. The Morgan fingerprint density at radius 3 is 2.74 bits per heavy atom. The van der Waals surface area contributed by atoms with E-state index in [0.717, 1.165) is 40.9 Å². The summed E-state index contributed by atoms with van der Waals surface area (Å²) in [6.07, 6.45) is 1.97. The van der Waals surface area contributed by atoms with E-state index in [1.807, 2.05) is 46.1 Å². The molecule has 35 heavy (non-hydrogen) atoms. The lowest BCUT2D eigenvalue weighted by molar-refractivity contribution is -0.132. The lowest BCUT2D eigenvalue weighted by atomic mass is 10.1. The number of amides is 1. The van der Waals surface area contributed by atoms with E-state index in [9.17, 15) is 9.18 Å². The van der Waals surface area contributed by atoms with Crippen LogP contribution in [-0.4, -0.2) is 61.9 Å². The molecule has 4 heterocycles. The molecule has 9 heteroatoms. The minimum atomic E-state index is -0.370. The highest BCUT2D eigenvalue weighted by Crippen LogP contribution is 2.29. The molecule has 2 aliphatic heterocycles.